The highest BCUT2D eigenvalue weighted by Crippen LogP contribution is 2.47. The summed E-state index contributed by atoms with van der Waals surface area (Å²) >= 11 is 0. The van der Waals surface area contributed by atoms with Crippen molar-refractivity contribution in [1.29, 1.82) is 0 Å². The quantitative estimate of drug-likeness (QED) is 0.135. The molecule has 0 aromatic heterocycles. The molecule has 6 N–H and O–H groups in total. The molecule has 0 saturated heterocycles. The Morgan fingerprint density at radius 2 is 0.893 bits per heavy atom. The Labute approximate surface area is 321 Å². The van der Waals surface area contributed by atoms with Crippen LogP contribution in [0.2, 0.25) is 0 Å². The molecular formula is C40H40N4O12. The zero-order valence-corrected chi connectivity index (χ0v) is 30.8. The number of ether oxygens (including phenoxy) is 6. The molecule has 0 spiro atoms. The third kappa shape index (κ3) is 8.13. The Kier molecular flexibility index (Phi) is 10.4. The third-order valence-electron chi connectivity index (χ3n) is 9.10. The van der Waals surface area contributed by atoms with Gasteiger partial charge in [0.1, 0.15) is 0 Å². The van der Waals surface area contributed by atoms with E-state index in [1.165, 1.54) is 45.9 Å². The van der Waals surface area contributed by atoms with Crippen LogP contribution in [0.15, 0.2) is 72.8 Å². The van der Waals surface area contributed by atoms with Gasteiger partial charge in [0.25, 0.3) is 0 Å². The number of hydrogen-bond donors (Lipinski definition) is 6. The highest BCUT2D eigenvalue weighted by Gasteiger charge is 2.40. The summed E-state index contributed by atoms with van der Waals surface area (Å²) in [5.41, 5.74) is 2.45. The Morgan fingerprint density at radius 1 is 0.482 bits per heavy atom. The van der Waals surface area contributed by atoms with E-state index in [0.29, 0.717) is 58.4 Å². The maximum Gasteiger partial charge on any atom is 0.219 e. The van der Waals surface area contributed by atoms with E-state index in [9.17, 15) is 29.4 Å². The van der Waals surface area contributed by atoms with E-state index in [1.807, 2.05) is 12.1 Å². The van der Waals surface area contributed by atoms with Crippen LogP contribution in [-0.2, 0) is 25.6 Å². The molecule has 4 aromatic rings. The lowest BCUT2D eigenvalue weighted by Crippen LogP contribution is -2.47. The van der Waals surface area contributed by atoms with Gasteiger partial charge in [0, 0.05) is 50.9 Å². The zero-order chi connectivity index (χ0) is 39.7. The van der Waals surface area contributed by atoms with E-state index in [2.05, 4.69) is 21.3 Å². The van der Waals surface area contributed by atoms with Gasteiger partial charge in [-0.25, -0.2) is 0 Å². The van der Waals surface area contributed by atoms with E-state index in [-0.39, 0.29) is 40.9 Å². The van der Waals surface area contributed by atoms with Gasteiger partial charge in [-0.2, -0.15) is 0 Å². The maximum atomic E-state index is 12.3. The number of hydrogen-bond acceptors (Lipinski definition) is 12. The molecule has 3 aliphatic rings. The molecule has 0 aliphatic carbocycles. The lowest BCUT2D eigenvalue weighted by Gasteiger charge is -2.37. The molecule has 0 bridgehead atoms. The van der Waals surface area contributed by atoms with Gasteiger partial charge in [0.15, 0.2) is 64.3 Å². The summed E-state index contributed by atoms with van der Waals surface area (Å²) in [7, 11) is 0. The SMILES string of the molecule is CC(=O)NCCc1ccc2c(c1)OC(NC(C)=O)C(c1ccc3c(c1)OC(c1ccc4c(c1)OC(c1ccc(O)c(O)c1)C(NC(C)=O)O4)C(NC(C)=O)O3)O2. The van der Waals surface area contributed by atoms with Crippen molar-refractivity contribution in [3.63, 3.8) is 0 Å². The lowest BCUT2D eigenvalue weighted by atomic mass is 10.0. The Morgan fingerprint density at radius 3 is 1.38 bits per heavy atom. The second-order valence-corrected chi connectivity index (χ2v) is 13.5. The molecule has 0 fully saturated rings. The van der Waals surface area contributed by atoms with Crippen molar-refractivity contribution >= 4 is 23.6 Å². The van der Waals surface area contributed by atoms with E-state index in [4.69, 9.17) is 28.4 Å². The van der Waals surface area contributed by atoms with Crippen LogP contribution in [0.4, 0.5) is 0 Å². The number of rotatable bonds is 9. The van der Waals surface area contributed by atoms with Crippen LogP contribution in [0, 0.1) is 0 Å². The Bertz CT molecular complexity index is 2190. The number of aromatic hydroxyl groups is 2. The molecule has 3 heterocycles. The molecule has 6 atom stereocenters. The van der Waals surface area contributed by atoms with Crippen LogP contribution in [-0.4, -0.2) is 59.1 Å². The van der Waals surface area contributed by atoms with Crippen LogP contribution in [0.5, 0.6) is 46.0 Å². The van der Waals surface area contributed by atoms with Crippen LogP contribution < -0.4 is 49.7 Å². The summed E-state index contributed by atoms with van der Waals surface area (Å²) in [6.45, 7) is 5.97. The van der Waals surface area contributed by atoms with Gasteiger partial charge in [-0.05, 0) is 60.5 Å². The largest absolute Gasteiger partial charge is 0.504 e. The number of carbonyl (C=O) groups is 4. The summed E-state index contributed by atoms with van der Waals surface area (Å²) in [6.07, 6.45) is -4.95. The first kappa shape index (κ1) is 37.5. The minimum Gasteiger partial charge on any atom is -0.504 e. The van der Waals surface area contributed by atoms with Gasteiger partial charge in [-0.15, -0.1) is 0 Å². The van der Waals surface area contributed by atoms with Crippen molar-refractivity contribution < 1.29 is 57.8 Å². The molecule has 3 aliphatic heterocycles. The van der Waals surface area contributed by atoms with Crippen LogP contribution in [0.3, 0.4) is 0 Å². The number of phenols is 2. The number of amides is 4. The predicted octanol–water partition coefficient (Wildman–Crippen LogP) is 3.70. The number of fused-ring (bicyclic) bond motifs is 3. The van der Waals surface area contributed by atoms with E-state index >= 15 is 0 Å². The minimum absolute atomic E-state index is 0.126. The van der Waals surface area contributed by atoms with Crippen LogP contribution in [0.1, 0.15) is 68.3 Å². The molecule has 16 nitrogen and oxygen atoms in total. The van der Waals surface area contributed by atoms with Crippen molar-refractivity contribution in [1.82, 2.24) is 21.3 Å². The zero-order valence-electron chi connectivity index (χ0n) is 30.8. The number of benzene rings is 4. The fraction of sp³-hybridized carbons (Fsp3) is 0.300. The molecule has 6 unspecified atom stereocenters. The van der Waals surface area contributed by atoms with Gasteiger partial charge in [-0.3, -0.25) is 19.2 Å². The Hall–Kier alpha value is -6.84. The average Bonchev–Trinajstić information content (AvgIpc) is 3.14. The maximum absolute atomic E-state index is 12.3. The topological polar surface area (TPSA) is 212 Å². The van der Waals surface area contributed by atoms with Gasteiger partial charge in [0.05, 0.1) is 0 Å². The van der Waals surface area contributed by atoms with Crippen LogP contribution >= 0.6 is 0 Å². The summed E-state index contributed by atoms with van der Waals surface area (Å²) in [5, 5.41) is 31.2. The molecule has 16 heteroatoms. The second-order valence-electron chi connectivity index (χ2n) is 13.5. The number of carbonyl (C=O) groups excluding carboxylic acids is 4. The van der Waals surface area contributed by atoms with E-state index < -0.39 is 37.0 Å². The molecule has 0 saturated carbocycles. The monoisotopic (exact) mass is 768 g/mol. The fourth-order valence-electron chi connectivity index (χ4n) is 6.62. The molecule has 0 radical (unpaired) electrons. The minimum atomic E-state index is -0.974. The molecule has 4 aromatic carbocycles. The highest BCUT2D eigenvalue weighted by molar-refractivity contribution is 5.74. The molecule has 4 amide bonds. The third-order valence-corrected chi connectivity index (χ3v) is 9.10. The van der Waals surface area contributed by atoms with Gasteiger partial charge < -0.3 is 59.9 Å². The first-order valence-electron chi connectivity index (χ1n) is 17.8. The van der Waals surface area contributed by atoms with E-state index in [1.54, 1.807) is 42.5 Å². The normalized spacial score (nSPS) is 21.6. The first-order valence-corrected chi connectivity index (χ1v) is 17.8. The molecular weight excluding hydrogens is 728 g/mol. The average molecular weight is 769 g/mol. The smallest absolute Gasteiger partial charge is 0.219 e. The summed E-state index contributed by atoms with van der Waals surface area (Å²) in [4.78, 5) is 48.0. The van der Waals surface area contributed by atoms with Crippen molar-refractivity contribution in [2.45, 2.75) is 71.1 Å². The molecule has 7 rings (SSSR count). The summed E-state index contributed by atoms with van der Waals surface area (Å²) in [5.74, 6) is 0.212. The molecule has 56 heavy (non-hydrogen) atoms. The fourth-order valence-corrected chi connectivity index (χ4v) is 6.62. The van der Waals surface area contributed by atoms with Crippen molar-refractivity contribution in [2.24, 2.45) is 0 Å². The predicted molar refractivity (Wildman–Crippen MR) is 196 cm³/mol. The number of nitrogens with one attached hydrogen (secondary N) is 4. The number of phenolic OH excluding ortho intramolecular Hbond substituents is 2. The second kappa shape index (κ2) is 15.5. The standard InChI is InChI=1S/C40H40N4O12/c1-19(45)41-14-13-23-5-10-29-32(15-23)56-40(44-22(4)48)36(51-29)25-7-11-31-34(17-25)53-37(39(55-31)43-21(3)47)26-8-12-30-33(18-26)52-35(38(54-30)42-20(2)46)24-6-9-27(49)28(50)16-24/h5-12,15-18,35-40,49-50H,13-14H2,1-4H3,(H,41,45)(H,42,46)(H,43,47)(H,44,48). The summed E-state index contributed by atoms with van der Waals surface area (Å²) in [6, 6.07) is 19.8. The van der Waals surface area contributed by atoms with Crippen LogP contribution in [0.25, 0.3) is 0 Å². The van der Waals surface area contributed by atoms with Gasteiger partial charge >= 0.3 is 0 Å². The van der Waals surface area contributed by atoms with Gasteiger partial charge in [-0.1, -0.05) is 24.3 Å². The van der Waals surface area contributed by atoms with E-state index in [0.717, 1.165) is 5.56 Å². The molecule has 292 valence electrons. The van der Waals surface area contributed by atoms with Crippen molar-refractivity contribution in [3.8, 4) is 46.0 Å². The Balaban J connectivity index is 1.18. The van der Waals surface area contributed by atoms with Crippen molar-refractivity contribution in [3.05, 3.63) is 95.1 Å². The lowest BCUT2D eigenvalue weighted by molar-refractivity contribution is -0.125. The first-order chi connectivity index (χ1) is 26.8. The highest BCUT2D eigenvalue weighted by atomic mass is 16.6. The summed E-state index contributed by atoms with van der Waals surface area (Å²) < 4.78 is 38.0. The van der Waals surface area contributed by atoms with Gasteiger partial charge in [0.2, 0.25) is 42.3 Å². The van der Waals surface area contributed by atoms with Crippen molar-refractivity contribution in [2.75, 3.05) is 6.54 Å².